The molecule has 0 fully saturated rings. The van der Waals surface area contributed by atoms with E-state index in [9.17, 15) is 9.59 Å². The topological polar surface area (TPSA) is 52.6 Å². The highest BCUT2D eigenvalue weighted by Gasteiger charge is 2.45. The summed E-state index contributed by atoms with van der Waals surface area (Å²) >= 11 is 0. The first-order valence-electron chi connectivity index (χ1n) is 7.08. The lowest BCUT2D eigenvalue weighted by Crippen LogP contribution is -2.41. The van der Waals surface area contributed by atoms with Crippen LogP contribution in [0.1, 0.15) is 32.3 Å². The average Bonchev–Trinajstić information content (AvgIpc) is 2.48. The molecule has 1 aromatic carbocycles. The number of methoxy groups -OCH3 is 1. The Hall–Kier alpha value is -2.10. The van der Waals surface area contributed by atoms with E-state index in [1.54, 1.807) is 20.1 Å². The normalized spacial score (nSPS) is 21.7. The predicted octanol–water partition coefficient (Wildman–Crippen LogP) is 2.81. The molecule has 1 unspecified atom stereocenters. The van der Waals surface area contributed by atoms with Gasteiger partial charge in [0.05, 0.1) is 13.7 Å². The smallest absolute Gasteiger partial charge is 0.320 e. The fourth-order valence-corrected chi connectivity index (χ4v) is 2.83. The van der Waals surface area contributed by atoms with Crippen molar-refractivity contribution in [3.05, 3.63) is 41.5 Å². The van der Waals surface area contributed by atoms with Gasteiger partial charge in [-0.05, 0) is 49.6 Å². The van der Waals surface area contributed by atoms with Crippen molar-refractivity contribution in [3.8, 4) is 5.75 Å². The Morgan fingerprint density at radius 3 is 2.48 bits per heavy atom. The third kappa shape index (κ3) is 2.71. The molecule has 0 radical (unpaired) electrons. The second-order valence-corrected chi connectivity index (χ2v) is 5.15. The summed E-state index contributed by atoms with van der Waals surface area (Å²) in [6, 6.07) is 7.37. The first-order chi connectivity index (χ1) is 10.0. The van der Waals surface area contributed by atoms with E-state index in [0.717, 1.165) is 16.9 Å². The van der Waals surface area contributed by atoms with E-state index in [1.807, 2.05) is 31.2 Å². The average molecular weight is 288 g/mol. The number of hydrogen-bond acceptors (Lipinski definition) is 4. The van der Waals surface area contributed by atoms with Gasteiger partial charge in [0.2, 0.25) is 0 Å². The van der Waals surface area contributed by atoms with Crippen LogP contribution in [0.3, 0.4) is 0 Å². The molecule has 1 aromatic rings. The molecule has 2 rings (SSSR count). The molecule has 0 amide bonds. The maximum Gasteiger partial charge on any atom is 0.320 e. The zero-order valence-corrected chi connectivity index (χ0v) is 12.6. The summed E-state index contributed by atoms with van der Waals surface area (Å²) < 4.78 is 10.4. The fourth-order valence-electron chi connectivity index (χ4n) is 2.83. The van der Waals surface area contributed by atoms with Crippen molar-refractivity contribution < 1.29 is 19.1 Å². The van der Waals surface area contributed by atoms with Crippen LogP contribution < -0.4 is 4.74 Å². The van der Waals surface area contributed by atoms with E-state index in [-0.39, 0.29) is 11.8 Å². The van der Waals surface area contributed by atoms with E-state index >= 15 is 0 Å². The molecule has 4 heteroatoms. The first kappa shape index (κ1) is 15.3. The van der Waals surface area contributed by atoms with Crippen molar-refractivity contribution in [2.75, 3.05) is 13.7 Å². The molecule has 0 saturated carbocycles. The predicted molar refractivity (Wildman–Crippen MR) is 79.3 cm³/mol. The van der Waals surface area contributed by atoms with Crippen molar-refractivity contribution in [3.63, 3.8) is 0 Å². The minimum Gasteiger partial charge on any atom is -0.497 e. The highest BCUT2D eigenvalue weighted by Crippen LogP contribution is 2.41. The van der Waals surface area contributed by atoms with Crippen LogP contribution in [-0.4, -0.2) is 25.5 Å². The largest absolute Gasteiger partial charge is 0.497 e. The van der Waals surface area contributed by atoms with Crippen molar-refractivity contribution in [2.24, 2.45) is 0 Å². The van der Waals surface area contributed by atoms with E-state index < -0.39 is 5.41 Å². The number of carbonyl (C=O) groups is 2. The lowest BCUT2D eigenvalue weighted by Gasteiger charge is -2.35. The molecule has 0 heterocycles. The Labute approximate surface area is 124 Å². The SMILES string of the molecule is CCOC(=O)C1(c2ccc(OC)cc2)CCC(=O)C=C1C. The zero-order chi connectivity index (χ0) is 15.5. The monoisotopic (exact) mass is 288 g/mol. The summed E-state index contributed by atoms with van der Waals surface area (Å²) in [6.45, 7) is 3.92. The van der Waals surface area contributed by atoms with E-state index in [2.05, 4.69) is 0 Å². The van der Waals surface area contributed by atoms with Crippen LogP contribution in [0.15, 0.2) is 35.9 Å². The van der Waals surface area contributed by atoms with Gasteiger partial charge in [-0.15, -0.1) is 0 Å². The van der Waals surface area contributed by atoms with Crippen LogP contribution in [0.4, 0.5) is 0 Å². The second kappa shape index (κ2) is 6.12. The van der Waals surface area contributed by atoms with Crippen LogP contribution in [0, 0.1) is 0 Å². The van der Waals surface area contributed by atoms with Crippen molar-refractivity contribution in [1.29, 1.82) is 0 Å². The molecule has 4 nitrogen and oxygen atoms in total. The Morgan fingerprint density at radius 2 is 1.95 bits per heavy atom. The number of benzene rings is 1. The fraction of sp³-hybridized carbons (Fsp3) is 0.412. The summed E-state index contributed by atoms with van der Waals surface area (Å²) in [7, 11) is 1.60. The molecule has 1 aliphatic carbocycles. The number of ether oxygens (including phenoxy) is 2. The molecular formula is C17H20O4. The van der Waals surface area contributed by atoms with Crippen molar-refractivity contribution in [2.45, 2.75) is 32.1 Å². The van der Waals surface area contributed by atoms with Gasteiger partial charge in [-0.25, -0.2) is 0 Å². The molecule has 0 aromatic heterocycles. The number of esters is 1. The highest BCUT2D eigenvalue weighted by atomic mass is 16.5. The molecule has 0 aliphatic heterocycles. The van der Waals surface area contributed by atoms with Gasteiger partial charge in [-0.2, -0.15) is 0 Å². The van der Waals surface area contributed by atoms with Crippen LogP contribution >= 0.6 is 0 Å². The summed E-state index contributed by atoms with van der Waals surface area (Å²) in [5.41, 5.74) is 0.710. The Bertz CT molecular complexity index is 571. The summed E-state index contributed by atoms with van der Waals surface area (Å²) in [5, 5.41) is 0. The van der Waals surface area contributed by atoms with Crippen LogP contribution in [0.5, 0.6) is 5.75 Å². The van der Waals surface area contributed by atoms with Crippen molar-refractivity contribution >= 4 is 11.8 Å². The minimum atomic E-state index is -0.865. The van der Waals surface area contributed by atoms with Gasteiger partial charge in [0.15, 0.2) is 5.78 Å². The zero-order valence-electron chi connectivity index (χ0n) is 12.6. The summed E-state index contributed by atoms with van der Waals surface area (Å²) in [4.78, 5) is 24.2. The molecule has 21 heavy (non-hydrogen) atoms. The highest BCUT2D eigenvalue weighted by molar-refractivity contribution is 5.97. The standard InChI is InChI=1S/C17H20O4/c1-4-21-16(19)17(10-9-14(18)11-12(17)2)13-5-7-15(20-3)8-6-13/h5-8,11H,4,9-10H2,1-3H3. The number of carbonyl (C=O) groups excluding carboxylic acids is 2. The molecule has 0 spiro atoms. The van der Waals surface area contributed by atoms with Gasteiger partial charge in [-0.3, -0.25) is 9.59 Å². The van der Waals surface area contributed by atoms with Gasteiger partial charge < -0.3 is 9.47 Å². The maximum absolute atomic E-state index is 12.6. The number of hydrogen-bond donors (Lipinski definition) is 0. The molecule has 1 aliphatic rings. The summed E-state index contributed by atoms with van der Waals surface area (Å²) in [6.07, 6.45) is 2.35. The molecule has 0 bridgehead atoms. The molecule has 112 valence electrons. The molecular weight excluding hydrogens is 268 g/mol. The maximum atomic E-state index is 12.6. The lowest BCUT2D eigenvalue weighted by atomic mass is 9.68. The lowest BCUT2D eigenvalue weighted by molar-refractivity contribution is -0.149. The van der Waals surface area contributed by atoms with Gasteiger partial charge >= 0.3 is 5.97 Å². The third-order valence-corrected chi connectivity index (χ3v) is 4.00. The number of allylic oxidation sites excluding steroid dienone is 1. The second-order valence-electron chi connectivity index (χ2n) is 5.15. The van der Waals surface area contributed by atoms with Gasteiger partial charge in [0.25, 0.3) is 0 Å². The quantitative estimate of drug-likeness (QED) is 0.799. The molecule has 0 N–H and O–H groups in total. The van der Waals surface area contributed by atoms with Gasteiger partial charge in [0.1, 0.15) is 11.2 Å². The first-order valence-corrected chi connectivity index (χ1v) is 7.08. The molecule has 0 saturated heterocycles. The van der Waals surface area contributed by atoms with Crippen LogP contribution in [-0.2, 0) is 19.7 Å². The van der Waals surface area contributed by atoms with E-state index in [1.165, 1.54) is 0 Å². The van der Waals surface area contributed by atoms with Gasteiger partial charge in [-0.1, -0.05) is 12.1 Å². The van der Waals surface area contributed by atoms with Crippen LogP contribution in [0.25, 0.3) is 0 Å². The number of rotatable bonds is 4. The Balaban J connectivity index is 2.52. The number of ketones is 1. The Kier molecular flexibility index (Phi) is 4.46. The molecule has 1 atom stereocenters. The van der Waals surface area contributed by atoms with Crippen molar-refractivity contribution in [1.82, 2.24) is 0 Å². The minimum absolute atomic E-state index is 0.0564. The Morgan fingerprint density at radius 1 is 1.29 bits per heavy atom. The third-order valence-electron chi connectivity index (χ3n) is 4.00. The van der Waals surface area contributed by atoms with Crippen LogP contribution in [0.2, 0.25) is 0 Å². The van der Waals surface area contributed by atoms with E-state index in [4.69, 9.17) is 9.47 Å². The summed E-state index contributed by atoms with van der Waals surface area (Å²) in [5.74, 6) is 0.489. The van der Waals surface area contributed by atoms with Gasteiger partial charge in [0, 0.05) is 6.42 Å². The van der Waals surface area contributed by atoms with E-state index in [0.29, 0.717) is 19.4 Å².